The van der Waals surface area contributed by atoms with Gasteiger partial charge in [-0.3, -0.25) is 9.59 Å². The number of fused-ring (bicyclic) bond motifs is 2. The zero-order valence-electron chi connectivity index (χ0n) is 12.3. The van der Waals surface area contributed by atoms with Gasteiger partial charge in [0.15, 0.2) is 11.5 Å². The number of allylic oxidation sites excluding steroid dienone is 1. The van der Waals surface area contributed by atoms with E-state index < -0.39 is 0 Å². The molecule has 0 aliphatic heterocycles. The van der Waals surface area contributed by atoms with Gasteiger partial charge < -0.3 is 9.52 Å². The van der Waals surface area contributed by atoms with Gasteiger partial charge in [0, 0.05) is 16.5 Å². The average Bonchev–Trinajstić information content (AvgIpc) is 3.04. The zero-order valence-corrected chi connectivity index (χ0v) is 12.3. The molecule has 4 rings (SSSR count). The number of para-hydroxylation sites is 1. The van der Waals surface area contributed by atoms with E-state index in [0.717, 1.165) is 0 Å². The van der Waals surface area contributed by atoms with Gasteiger partial charge >= 0.3 is 0 Å². The molecule has 1 aliphatic rings. The van der Waals surface area contributed by atoms with Crippen LogP contribution in [-0.4, -0.2) is 16.7 Å². The molecule has 0 amide bonds. The van der Waals surface area contributed by atoms with Crippen LogP contribution in [0.1, 0.15) is 39.0 Å². The van der Waals surface area contributed by atoms with Gasteiger partial charge in [-0.25, -0.2) is 0 Å². The smallest absolute Gasteiger partial charge is 0.201 e. The molecule has 0 fully saturated rings. The largest absolute Gasteiger partial charge is 0.506 e. The van der Waals surface area contributed by atoms with Crippen LogP contribution in [-0.2, 0) is 0 Å². The Kier molecular flexibility index (Phi) is 2.75. The Morgan fingerprint density at radius 3 is 2.35 bits per heavy atom. The van der Waals surface area contributed by atoms with E-state index in [-0.39, 0.29) is 28.7 Å². The molecule has 112 valence electrons. The first kappa shape index (κ1) is 13.5. The van der Waals surface area contributed by atoms with Crippen LogP contribution in [0.15, 0.2) is 52.9 Å². The molecule has 23 heavy (non-hydrogen) atoms. The molecule has 4 nitrogen and oxygen atoms in total. The number of benzene rings is 2. The molecule has 1 N–H and O–H groups in total. The topological polar surface area (TPSA) is 67.5 Å². The molecule has 1 aliphatic carbocycles. The summed E-state index contributed by atoms with van der Waals surface area (Å²) in [7, 11) is 0. The van der Waals surface area contributed by atoms with Crippen molar-refractivity contribution < 1.29 is 19.1 Å². The van der Waals surface area contributed by atoms with Gasteiger partial charge in [-0.05, 0) is 13.0 Å². The molecule has 0 spiro atoms. The summed E-state index contributed by atoms with van der Waals surface area (Å²) in [5.41, 5.74) is 1.75. The maximum absolute atomic E-state index is 12.7. The van der Waals surface area contributed by atoms with E-state index in [9.17, 15) is 14.7 Å². The molecule has 1 heterocycles. The highest BCUT2D eigenvalue weighted by Crippen LogP contribution is 2.40. The van der Waals surface area contributed by atoms with Crippen molar-refractivity contribution in [2.24, 2.45) is 0 Å². The monoisotopic (exact) mass is 304 g/mol. The second kappa shape index (κ2) is 4.68. The van der Waals surface area contributed by atoms with Crippen LogP contribution in [0.3, 0.4) is 0 Å². The lowest BCUT2D eigenvalue weighted by Crippen LogP contribution is -2.02. The van der Waals surface area contributed by atoms with Crippen LogP contribution in [0.25, 0.3) is 22.3 Å². The summed E-state index contributed by atoms with van der Waals surface area (Å²) in [5.74, 6) is -0.557. The van der Waals surface area contributed by atoms with Gasteiger partial charge in [0.2, 0.25) is 5.78 Å². The quantitative estimate of drug-likeness (QED) is 0.718. The lowest BCUT2D eigenvalue weighted by Gasteiger charge is -2.00. The number of hydrogen-bond acceptors (Lipinski definition) is 4. The number of ketones is 2. The molecule has 0 bridgehead atoms. The fourth-order valence-corrected chi connectivity index (χ4v) is 3.05. The van der Waals surface area contributed by atoms with Gasteiger partial charge in [-0.2, -0.15) is 0 Å². The Balaban J connectivity index is 2.05. The predicted molar refractivity (Wildman–Crippen MR) is 86.4 cm³/mol. The number of carbonyl (C=O) groups excluding carboxylic acids is 2. The van der Waals surface area contributed by atoms with Crippen LogP contribution in [0, 0.1) is 0 Å². The predicted octanol–water partition coefficient (Wildman–Crippen LogP) is 4.26. The Hall–Kier alpha value is -3.14. The van der Waals surface area contributed by atoms with E-state index in [4.69, 9.17) is 4.42 Å². The third-order valence-corrected chi connectivity index (χ3v) is 4.07. The number of hydrogen-bond donors (Lipinski definition) is 1. The van der Waals surface area contributed by atoms with E-state index in [0.29, 0.717) is 27.7 Å². The van der Waals surface area contributed by atoms with Crippen molar-refractivity contribution in [3.63, 3.8) is 0 Å². The first-order valence-corrected chi connectivity index (χ1v) is 7.19. The number of Topliss-reactive ketones (excluding diaryl/α,β-unsaturated/α-hetero) is 2. The third-order valence-electron chi connectivity index (χ3n) is 4.07. The summed E-state index contributed by atoms with van der Waals surface area (Å²) in [5, 5.41) is 11.1. The lowest BCUT2D eigenvalue weighted by molar-refractivity contribution is 0.101. The highest BCUT2D eigenvalue weighted by atomic mass is 16.3. The average molecular weight is 304 g/mol. The number of furan rings is 1. The molecule has 3 aromatic rings. The minimum atomic E-state index is -0.334. The maximum Gasteiger partial charge on any atom is 0.201 e. The first-order chi connectivity index (χ1) is 11.1. The van der Waals surface area contributed by atoms with E-state index in [1.807, 2.05) is 0 Å². The van der Waals surface area contributed by atoms with E-state index in [2.05, 4.69) is 0 Å². The second-order valence-electron chi connectivity index (χ2n) is 5.46. The first-order valence-electron chi connectivity index (χ1n) is 7.19. The summed E-state index contributed by atoms with van der Waals surface area (Å²) in [6, 6.07) is 13.9. The molecule has 0 radical (unpaired) electrons. The summed E-state index contributed by atoms with van der Waals surface area (Å²) in [6.07, 6.45) is 0. The minimum Gasteiger partial charge on any atom is -0.506 e. The highest BCUT2D eigenvalue weighted by molar-refractivity contribution is 6.39. The third kappa shape index (κ3) is 1.78. The van der Waals surface area contributed by atoms with Gasteiger partial charge in [-0.15, -0.1) is 0 Å². The number of aliphatic hydroxyl groups excluding tert-OH is 1. The fourth-order valence-electron chi connectivity index (χ4n) is 3.05. The normalized spacial score (nSPS) is 13.7. The van der Waals surface area contributed by atoms with Crippen molar-refractivity contribution in [1.29, 1.82) is 0 Å². The summed E-state index contributed by atoms with van der Waals surface area (Å²) in [6.45, 7) is 1.42. The zero-order chi connectivity index (χ0) is 16.1. The molecule has 0 saturated heterocycles. The van der Waals surface area contributed by atoms with Crippen molar-refractivity contribution in [3.8, 4) is 0 Å². The van der Waals surface area contributed by atoms with E-state index >= 15 is 0 Å². The van der Waals surface area contributed by atoms with Crippen LogP contribution in [0.5, 0.6) is 0 Å². The maximum atomic E-state index is 12.7. The Morgan fingerprint density at radius 2 is 1.65 bits per heavy atom. The van der Waals surface area contributed by atoms with Crippen molar-refractivity contribution in [2.75, 3.05) is 0 Å². The van der Waals surface area contributed by atoms with Gasteiger partial charge in [0.1, 0.15) is 16.9 Å². The lowest BCUT2D eigenvalue weighted by atomic mass is 10.0. The Morgan fingerprint density at radius 1 is 1.00 bits per heavy atom. The summed E-state index contributed by atoms with van der Waals surface area (Å²) < 4.78 is 5.76. The number of aliphatic hydroxyl groups is 1. The second-order valence-corrected chi connectivity index (χ2v) is 5.46. The van der Waals surface area contributed by atoms with Crippen molar-refractivity contribution in [1.82, 2.24) is 0 Å². The highest BCUT2D eigenvalue weighted by Gasteiger charge is 2.35. The SMILES string of the molecule is CC(=O)c1c(C2=C(O)c3ccccc3C2=O)oc2ccccc12. The molecular weight excluding hydrogens is 292 g/mol. The van der Waals surface area contributed by atoms with Crippen LogP contribution in [0.2, 0.25) is 0 Å². The summed E-state index contributed by atoms with van der Waals surface area (Å²) >= 11 is 0. The van der Waals surface area contributed by atoms with Crippen molar-refractivity contribution >= 4 is 33.9 Å². The molecule has 0 atom stereocenters. The van der Waals surface area contributed by atoms with Crippen molar-refractivity contribution in [2.45, 2.75) is 6.92 Å². The molecule has 0 saturated carbocycles. The molecule has 0 unspecified atom stereocenters. The van der Waals surface area contributed by atoms with Gasteiger partial charge in [0.25, 0.3) is 0 Å². The Bertz CT molecular complexity index is 1020. The summed E-state index contributed by atoms with van der Waals surface area (Å²) in [4.78, 5) is 24.8. The van der Waals surface area contributed by atoms with Crippen LogP contribution >= 0.6 is 0 Å². The van der Waals surface area contributed by atoms with Crippen LogP contribution < -0.4 is 0 Å². The van der Waals surface area contributed by atoms with Crippen LogP contribution in [0.4, 0.5) is 0 Å². The standard InChI is InChI=1S/C19H12O4/c1-10(20)15-13-8-4-5-9-14(13)23-19(15)16-17(21)11-6-2-3-7-12(11)18(16)22/h2-9,21H,1H3. The van der Waals surface area contributed by atoms with Gasteiger partial charge in [0.05, 0.1) is 5.56 Å². The van der Waals surface area contributed by atoms with E-state index in [1.165, 1.54) is 6.92 Å². The van der Waals surface area contributed by atoms with E-state index in [1.54, 1.807) is 48.5 Å². The molecule has 1 aromatic heterocycles. The fraction of sp³-hybridized carbons (Fsp3) is 0.0526. The minimum absolute atomic E-state index is 0.0487. The molecule has 4 heteroatoms. The number of rotatable bonds is 2. The molecule has 2 aromatic carbocycles. The Labute approximate surface area is 131 Å². The van der Waals surface area contributed by atoms with Gasteiger partial charge in [-0.1, -0.05) is 42.5 Å². The van der Waals surface area contributed by atoms with Crippen molar-refractivity contribution in [3.05, 3.63) is 71.0 Å². The number of carbonyl (C=O) groups is 2. The molecular formula is C19H12O4.